The molecule has 0 aromatic carbocycles. The molecule has 1 amide bonds. The van der Waals surface area contributed by atoms with Crippen LogP contribution >= 0.6 is 0 Å². The lowest BCUT2D eigenvalue weighted by Gasteiger charge is -2.25. The van der Waals surface area contributed by atoms with Gasteiger partial charge >= 0.3 is 0 Å². The van der Waals surface area contributed by atoms with Crippen molar-refractivity contribution in [3.8, 4) is 0 Å². The highest BCUT2D eigenvalue weighted by atomic mass is 16.4. The summed E-state index contributed by atoms with van der Waals surface area (Å²) in [4.78, 5) is 14.5. The summed E-state index contributed by atoms with van der Waals surface area (Å²) in [5.74, 6) is 1.53. The maximum absolute atomic E-state index is 12.6. The Morgan fingerprint density at radius 3 is 2.58 bits per heavy atom. The Balaban J connectivity index is 2.01. The van der Waals surface area contributed by atoms with Crippen molar-refractivity contribution in [2.45, 2.75) is 46.0 Å². The molecule has 1 saturated heterocycles. The molecule has 5 nitrogen and oxygen atoms in total. The van der Waals surface area contributed by atoms with Crippen molar-refractivity contribution >= 4 is 11.7 Å². The van der Waals surface area contributed by atoms with Crippen molar-refractivity contribution in [3.05, 3.63) is 0 Å². The van der Waals surface area contributed by atoms with E-state index in [0.29, 0.717) is 24.7 Å². The maximum atomic E-state index is 12.6. The number of amidine groups is 1. The number of nitrogens with two attached hydrogens (primary N) is 1. The number of hydrogen-bond donors (Lipinski definition) is 2. The van der Waals surface area contributed by atoms with Gasteiger partial charge in [0, 0.05) is 13.1 Å². The summed E-state index contributed by atoms with van der Waals surface area (Å²) in [6.07, 6.45) is 4.74. The molecule has 5 heteroatoms. The summed E-state index contributed by atoms with van der Waals surface area (Å²) in [5, 5.41) is 11.9. The summed E-state index contributed by atoms with van der Waals surface area (Å²) >= 11 is 0. The largest absolute Gasteiger partial charge is 0.409 e. The topological polar surface area (TPSA) is 78.9 Å². The van der Waals surface area contributed by atoms with E-state index in [0.717, 1.165) is 25.9 Å². The average molecular weight is 267 g/mol. The van der Waals surface area contributed by atoms with Gasteiger partial charge in [-0.25, -0.2) is 0 Å². The summed E-state index contributed by atoms with van der Waals surface area (Å²) in [6.45, 7) is 6.12. The number of amides is 1. The van der Waals surface area contributed by atoms with E-state index >= 15 is 0 Å². The van der Waals surface area contributed by atoms with E-state index in [2.05, 4.69) is 19.0 Å². The van der Waals surface area contributed by atoms with Crippen molar-refractivity contribution in [2.24, 2.45) is 28.1 Å². The van der Waals surface area contributed by atoms with Crippen LogP contribution in [0.25, 0.3) is 0 Å². The van der Waals surface area contributed by atoms with Crippen LogP contribution in [0, 0.1) is 17.3 Å². The highest BCUT2D eigenvalue weighted by Gasteiger charge is 2.55. The number of likely N-dealkylation sites (tertiary alicyclic amines) is 1. The zero-order chi connectivity index (χ0) is 14.0. The molecule has 1 aliphatic heterocycles. The Morgan fingerprint density at radius 2 is 2.05 bits per heavy atom. The van der Waals surface area contributed by atoms with Crippen LogP contribution in [0.2, 0.25) is 0 Å². The third-order valence-corrected chi connectivity index (χ3v) is 4.76. The number of oxime groups is 1. The highest BCUT2D eigenvalue weighted by Crippen LogP contribution is 2.47. The molecule has 0 aromatic heterocycles. The molecule has 19 heavy (non-hydrogen) atoms. The van der Waals surface area contributed by atoms with E-state index < -0.39 is 5.41 Å². The predicted octanol–water partition coefficient (Wildman–Crippen LogP) is 1.80. The van der Waals surface area contributed by atoms with Gasteiger partial charge in [-0.3, -0.25) is 4.79 Å². The Morgan fingerprint density at radius 1 is 1.37 bits per heavy atom. The lowest BCUT2D eigenvalue weighted by molar-refractivity contribution is -0.134. The smallest absolute Gasteiger partial charge is 0.236 e. The minimum Gasteiger partial charge on any atom is -0.409 e. The van der Waals surface area contributed by atoms with Crippen molar-refractivity contribution in [3.63, 3.8) is 0 Å². The number of carbonyl (C=O) groups excluding carboxylic acids is 1. The second kappa shape index (κ2) is 5.39. The van der Waals surface area contributed by atoms with Crippen molar-refractivity contribution in [1.82, 2.24) is 4.90 Å². The van der Waals surface area contributed by atoms with Crippen LogP contribution in [0.5, 0.6) is 0 Å². The van der Waals surface area contributed by atoms with E-state index in [4.69, 9.17) is 10.9 Å². The number of rotatable bonds is 3. The molecule has 2 rings (SSSR count). The van der Waals surface area contributed by atoms with Crippen molar-refractivity contribution in [2.75, 3.05) is 13.1 Å². The molecule has 2 aliphatic rings. The molecule has 3 N–H and O–H groups in total. The monoisotopic (exact) mass is 267 g/mol. The lowest BCUT2D eigenvalue weighted by atomic mass is 9.89. The molecule has 0 spiro atoms. The number of nitrogens with zero attached hydrogens (tertiary/aromatic N) is 2. The standard InChI is InChI=1S/C14H25N3O2/c1-10(2)11-4-3-8-17(9-5-11)13(18)14(6-7-14)12(15)16-19/h10-11,19H,3-9H2,1-2H3,(H2,15,16). The Hall–Kier alpha value is -1.26. The second-order valence-corrected chi connectivity index (χ2v) is 6.29. The van der Waals surface area contributed by atoms with Gasteiger partial charge in [0.25, 0.3) is 0 Å². The van der Waals surface area contributed by atoms with Gasteiger partial charge in [-0.1, -0.05) is 19.0 Å². The maximum Gasteiger partial charge on any atom is 0.236 e. The summed E-state index contributed by atoms with van der Waals surface area (Å²) < 4.78 is 0. The van der Waals surface area contributed by atoms with Gasteiger partial charge in [0.05, 0.1) is 0 Å². The molecule has 108 valence electrons. The van der Waals surface area contributed by atoms with Crippen LogP contribution in [-0.2, 0) is 4.79 Å². The summed E-state index contributed by atoms with van der Waals surface area (Å²) in [6, 6.07) is 0. The quantitative estimate of drug-likeness (QED) is 0.354. The van der Waals surface area contributed by atoms with Gasteiger partial charge in [-0.15, -0.1) is 0 Å². The first-order valence-corrected chi connectivity index (χ1v) is 7.28. The van der Waals surface area contributed by atoms with E-state index in [9.17, 15) is 4.79 Å². The molecule has 1 atom stereocenters. The Bertz CT molecular complexity index is 375. The average Bonchev–Trinajstić information content (AvgIpc) is 3.20. The van der Waals surface area contributed by atoms with Gasteiger partial charge < -0.3 is 15.8 Å². The number of hydrogen-bond acceptors (Lipinski definition) is 3. The molecule has 0 aromatic rings. The Labute approximate surface area is 114 Å². The zero-order valence-electron chi connectivity index (χ0n) is 11.9. The fourth-order valence-electron chi connectivity index (χ4n) is 3.09. The molecule has 2 fully saturated rings. The molecule has 1 heterocycles. The molecular formula is C14H25N3O2. The zero-order valence-corrected chi connectivity index (χ0v) is 11.9. The third kappa shape index (κ3) is 2.69. The lowest BCUT2D eigenvalue weighted by Crippen LogP contribution is -2.44. The van der Waals surface area contributed by atoms with E-state index in [-0.39, 0.29) is 11.7 Å². The first kappa shape index (κ1) is 14.2. The highest BCUT2D eigenvalue weighted by molar-refractivity contribution is 6.09. The van der Waals surface area contributed by atoms with Gasteiger partial charge in [-0.05, 0) is 43.9 Å². The minimum absolute atomic E-state index is 0.0622. The predicted molar refractivity (Wildman–Crippen MR) is 73.8 cm³/mol. The minimum atomic E-state index is -0.688. The molecule has 0 radical (unpaired) electrons. The Kier molecular flexibility index (Phi) is 4.02. The second-order valence-electron chi connectivity index (χ2n) is 6.29. The fourth-order valence-corrected chi connectivity index (χ4v) is 3.09. The SMILES string of the molecule is CC(C)C1CCCN(C(=O)C2(C(N)=NO)CC2)CC1. The summed E-state index contributed by atoms with van der Waals surface area (Å²) in [5.41, 5.74) is 5.00. The fraction of sp³-hybridized carbons (Fsp3) is 0.857. The van der Waals surface area contributed by atoms with E-state index in [1.54, 1.807) is 0 Å². The van der Waals surface area contributed by atoms with Crippen LogP contribution in [0.4, 0.5) is 0 Å². The van der Waals surface area contributed by atoms with Crippen molar-refractivity contribution in [1.29, 1.82) is 0 Å². The van der Waals surface area contributed by atoms with Crippen LogP contribution in [0.3, 0.4) is 0 Å². The van der Waals surface area contributed by atoms with E-state index in [1.807, 2.05) is 4.90 Å². The molecule has 1 unspecified atom stereocenters. The van der Waals surface area contributed by atoms with E-state index in [1.165, 1.54) is 6.42 Å². The van der Waals surface area contributed by atoms with Gasteiger partial charge in [0.15, 0.2) is 5.84 Å². The molecule has 0 bridgehead atoms. The molecular weight excluding hydrogens is 242 g/mol. The number of carbonyl (C=O) groups is 1. The van der Waals surface area contributed by atoms with Gasteiger partial charge in [0.1, 0.15) is 5.41 Å². The van der Waals surface area contributed by atoms with Crippen LogP contribution in [-0.4, -0.2) is 34.9 Å². The van der Waals surface area contributed by atoms with Crippen LogP contribution in [0.15, 0.2) is 5.16 Å². The van der Waals surface area contributed by atoms with Crippen molar-refractivity contribution < 1.29 is 10.0 Å². The van der Waals surface area contributed by atoms with Crippen LogP contribution < -0.4 is 5.73 Å². The van der Waals surface area contributed by atoms with Gasteiger partial charge in [0.2, 0.25) is 5.91 Å². The van der Waals surface area contributed by atoms with Crippen LogP contribution in [0.1, 0.15) is 46.0 Å². The summed E-state index contributed by atoms with van der Waals surface area (Å²) in [7, 11) is 0. The first-order chi connectivity index (χ1) is 9.01. The third-order valence-electron chi connectivity index (χ3n) is 4.76. The van der Waals surface area contributed by atoms with Gasteiger partial charge in [-0.2, -0.15) is 0 Å². The first-order valence-electron chi connectivity index (χ1n) is 7.28. The molecule has 1 saturated carbocycles. The molecule has 1 aliphatic carbocycles. The normalized spacial score (nSPS) is 27.2.